The predicted octanol–water partition coefficient (Wildman–Crippen LogP) is 3.75. The van der Waals surface area contributed by atoms with Crippen molar-refractivity contribution < 1.29 is 0 Å². The fraction of sp³-hybridized carbons (Fsp3) is 0.455. The number of aliphatic imine (C=N–C) groups is 1. The molecule has 1 rings (SSSR count). The molecular weight excluding hydrogens is 345 g/mol. The number of pyridine rings is 1. The van der Waals surface area contributed by atoms with Gasteiger partial charge in [-0.3, -0.25) is 9.98 Å². The molecule has 0 amide bonds. The van der Waals surface area contributed by atoms with Crippen molar-refractivity contribution in [2.75, 3.05) is 25.6 Å². The molecule has 0 fully saturated rings. The van der Waals surface area contributed by atoms with Crippen molar-refractivity contribution in [2.45, 2.75) is 5.75 Å². The molecule has 1 aromatic heterocycles. The van der Waals surface area contributed by atoms with Crippen molar-refractivity contribution in [1.82, 2.24) is 10.3 Å². The maximum absolute atomic E-state index is 6.02. The maximum atomic E-state index is 6.02. The standard InChI is InChI=1S/C11H16ClN3S2.2ClH/c1-13-11(16-2)15-6-7-17-8-10-9(12)4-3-5-14-10;;/h3-5H,6-8H2,1-2H3,(H,13,15);2*1H. The van der Waals surface area contributed by atoms with E-state index >= 15 is 0 Å². The van der Waals surface area contributed by atoms with Gasteiger partial charge in [0, 0.05) is 31.3 Å². The van der Waals surface area contributed by atoms with Crippen molar-refractivity contribution >= 4 is 65.1 Å². The van der Waals surface area contributed by atoms with Gasteiger partial charge in [0.15, 0.2) is 5.17 Å². The minimum Gasteiger partial charge on any atom is -0.364 e. The average molecular weight is 363 g/mol. The lowest BCUT2D eigenvalue weighted by atomic mass is 10.4. The normalized spacial score (nSPS) is 10.4. The van der Waals surface area contributed by atoms with Crippen LogP contribution in [0.5, 0.6) is 0 Å². The highest BCUT2D eigenvalue weighted by molar-refractivity contribution is 8.13. The van der Waals surface area contributed by atoms with Crippen LogP contribution >= 0.6 is 59.9 Å². The Morgan fingerprint density at radius 1 is 1.47 bits per heavy atom. The third-order valence-corrected chi connectivity index (χ3v) is 4.02. The molecule has 1 N–H and O–H groups in total. The Morgan fingerprint density at radius 3 is 2.79 bits per heavy atom. The first-order chi connectivity index (χ1) is 8.27. The molecule has 8 heteroatoms. The van der Waals surface area contributed by atoms with E-state index in [1.807, 2.05) is 30.2 Å². The second-order valence-corrected chi connectivity index (χ2v) is 5.45. The summed E-state index contributed by atoms with van der Waals surface area (Å²) in [6.45, 7) is 0.905. The molecule has 3 nitrogen and oxygen atoms in total. The summed E-state index contributed by atoms with van der Waals surface area (Å²) in [7, 11) is 1.79. The van der Waals surface area contributed by atoms with Gasteiger partial charge in [-0.05, 0) is 18.4 Å². The molecule has 0 aromatic carbocycles. The van der Waals surface area contributed by atoms with Crippen LogP contribution in [0.4, 0.5) is 0 Å². The summed E-state index contributed by atoms with van der Waals surface area (Å²) in [5.74, 6) is 1.85. The summed E-state index contributed by atoms with van der Waals surface area (Å²) >= 11 is 9.45. The van der Waals surface area contributed by atoms with Crippen LogP contribution in [0.25, 0.3) is 0 Å². The van der Waals surface area contributed by atoms with Gasteiger partial charge in [0.2, 0.25) is 0 Å². The minimum absolute atomic E-state index is 0. The average Bonchev–Trinajstić information content (AvgIpc) is 2.36. The van der Waals surface area contributed by atoms with Crippen LogP contribution in [0.1, 0.15) is 5.69 Å². The van der Waals surface area contributed by atoms with E-state index in [9.17, 15) is 0 Å². The maximum Gasteiger partial charge on any atom is 0.156 e. The van der Waals surface area contributed by atoms with Gasteiger partial charge in [-0.15, -0.1) is 24.8 Å². The second kappa shape index (κ2) is 13.2. The van der Waals surface area contributed by atoms with E-state index in [1.54, 1.807) is 25.0 Å². The first kappa shape index (κ1) is 21.5. The highest BCUT2D eigenvalue weighted by Gasteiger charge is 2.00. The Kier molecular flexibility index (Phi) is 14.9. The fourth-order valence-corrected chi connectivity index (χ4v) is 2.68. The fourth-order valence-electron chi connectivity index (χ4n) is 1.17. The number of nitrogens with zero attached hydrogens (tertiary/aromatic N) is 2. The molecule has 0 radical (unpaired) electrons. The van der Waals surface area contributed by atoms with Crippen LogP contribution in [0.15, 0.2) is 23.3 Å². The van der Waals surface area contributed by atoms with E-state index in [4.69, 9.17) is 11.6 Å². The van der Waals surface area contributed by atoms with Gasteiger partial charge in [0.1, 0.15) is 0 Å². The molecule has 0 bridgehead atoms. The van der Waals surface area contributed by atoms with Crippen LogP contribution in [0, 0.1) is 0 Å². The number of hydrogen-bond acceptors (Lipinski definition) is 4. The summed E-state index contributed by atoms with van der Waals surface area (Å²) in [4.78, 5) is 8.34. The predicted molar refractivity (Wildman–Crippen MR) is 94.8 cm³/mol. The van der Waals surface area contributed by atoms with Crippen molar-refractivity contribution in [3.63, 3.8) is 0 Å². The monoisotopic (exact) mass is 361 g/mol. The lowest BCUT2D eigenvalue weighted by Crippen LogP contribution is -2.22. The molecule has 1 aromatic rings. The summed E-state index contributed by atoms with van der Waals surface area (Å²) in [6, 6.07) is 3.72. The van der Waals surface area contributed by atoms with E-state index in [1.165, 1.54) is 0 Å². The zero-order valence-corrected chi connectivity index (χ0v) is 14.8. The van der Waals surface area contributed by atoms with Crippen molar-refractivity contribution in [1.29, 1.82) is 0 Å². The molecule has 0 aliphatic carbocycles. The molecule has 1 heterocycles. The van der Waals surface area contributed by atoms with E-state index < -0.39 is 0 Å². The molecule has 0 aliphatic heterocycles. The summed E-state index contributed by atoms with van der Waals surface area (Å²) in [5, 5.41) is 4.98. The Bertz CT molecular complexity index is 378. The zero-order valence-electron chi connectivity index (χ0n) is 10.8. The van der Waals surface area contributed by atoms with E-state index in [0.29, 0.717) is 0 Å². The van der Waals surface area contributed by atoms with Crippen molar-refractivity contribution in [2.24, 2.45) is 4.99 Å². The molecule has 0 saturated heterocycles. The van der Waals surface area contributed by atoms with Gasteiger partial charge in [-0.25, -0.2) is 0 Å². The molecular formula is C11H18Cl3N3S2. The number of nitrogens with one attached hydrogen (secondary N) is 1. The van der Waals surface area contributed by atoms with Crippen LogP contribution < -0.4 is 5.32 Å². The Balaban J connectivity index is 0. The lowest BCUT2D eigenvalue weighted by Gasteiger charge is -2.06. The summed E-state index contributed by atoms with van der Waals surface area (Å²) in [5.41, 5.74) is 0.952. The van der Waals surface area contributed by atoms with Crippen LogP contribution in [0.2, 0.25) is 5.02 Å². The molecule has 0 unspecified atom stereocenters. The molecule has 0 atom stereocenters. The quantitative estimate of drug-likeness (QED) is 0.492. The van der Waals surface area contributed by atoms with Crippen molar-refractivity contribution in [3.05, 3.63) is 29.0 Å². The third kappa shape index (κ3) is 8.87. The Morgan fingerprint density at radius 2 is 2.21 bits per heavy atom. The highest BCUT2D eigenvalue weighted by Crippen LogP contribution is 2.17. The van der Waals surface area contributed by atoms with E-state index in [0.717, 1.165) is 33.9 Å². The Labute approximate surface area is 140 Å². The van der Waals surface area contributed by atoms with Gasteiger partial charge in [0.05, 0.1) is 10.7 Å². The van der Waals surface area contributed by atoms with Crippen LogP contribution in [0.3, 0.4) is 0 Å². The van der Waals surface area contributed by atoms with Gasteiger partial charge < -0.3 is 5.32 Å². The first-order valence-corrected chi connectivity index (χ1v) is 7.95. The largest absolute Gasteiger partial charge is 0.364 e. The SMILES string of the molecule is CN=C(NCCSCc1ncccc1Cl)SC.Cl.Cl. The topological polar surface area (TPSA) is 37.3 Å². The number of aromatic nitrogens is 1. The molecule has 110 valence electrons. The number of thioether (sulfide) groups is 2. The second-order valence-electron chi connectivity index (χ2n) is 3.14. The van der Waals surface area contributed by atoms with E-state index in [-0.39, 0.29) is 24.8 Å². The molecule has 0 saturated carbocycles. The number of hydrogen-bond donors (Lipinski definition) is 1. The Hall–Kier alpha value is 0.190. The lowest BCUT2D eigenvalue weighted by molar-refractivity contribution is 0.987. The first-order valence-electron chi connectivity index (χ1n) is 5.19. The number of halogens is 3. The van der Waals surface area contributed by atoms with Gasteiger partial charge >= 0.3 is 0 Å². The third-order valence-electron chi connectivity index (χ3n) is 1.99. The van der Waals surface area contributed by atoms with Gasteiger partial charge in [-0.2, -0.15) is 11.8 Å². The molecule has 0 spiro atoms. The smallest absolute Gasteiger partial charge is 0.156 e. The van der Waals surface area contributed by atoms with Crippen LogP contribution in [-0.4, -0.2) is 35.8 Å². The van der Waals surface area contributed by atoms with E-state index in [2.05, 4.69) is 15.3 Å². The number of amidine groups is 1. The zero-order chi connectivity index (χ0) is 12.5. The van der Waals surface area contributed by atoms with Crippen molar-refractivity contribution in [3.8, 4) is 0 Å². The van der Waals surface area contributed by atoms with Gasteiger partial charge in [0.25, 0.3) is 0 Å². The molecule has 19 heavy (non-hydrogen) atoms. The molecule has 0 aliphatic rings. The summed E-state index contributed by atoms with van der Waals surface area (Å²) < 4.78 is 0. The summed E-state index contributed by atoms with van der Waals surface area (Å²) in [6.07, 6.45) is 3.78. The van der Waals surface area contributed by atoms with Gasteiger partial charge in [-0.1, -0.05) is 23.4 Å². The number of rotatable bonds is 5. The highest BCUT2D eigenvalue weighted by atomic mass is 35.5. The minimum atomic E-state index is 0. The van der Waals surface area contributed by atoms with Crippen LogP contribution in [-0.2, 0) is 5.75 Å².